The monoisotopic (exact) mass is 364 g/mol. The molecule has 1 aromatic heterocycles. The molecular weight excluding hydrogens is 344 g/mol. The van der Waals surface area contributed by atoms with Crippen LogP contribution in [0.15, 0.2) is 48.8 Å². The summed E-state index contributed by atoms with van der Waals surface area (Å²) in [4.78, 5) is 16.3. The Morgan fingerprint density at radius 2 is 2.07 bits per heavy atom. The fourth-order valence-corrected chi connectivity index (χ4v) is 3.10. The summed E-state index contributed by atoms with van der Waals surface area (Å²) in [5.74, 6) is 1.76. The third-order valence-corrected chi connectivity index (χ3v) is 4.27. The van der Waals surface area contributed by atoms with Gasteiger partial charge in [-0.3, -0.25) is 9.89 Å². The zero-order valence-electron chi connectivity index (χ0n) is 15.2. The minimum absolute atomic E-state index is 0.0932. The first kappa shape index (κ1) is 17.1. The highest BCUT2D eigenvalue weighted by Crippen LogP contribution is 2.41. The van der Waals surface area contributed by atoms with E-state index in [1.807, 2.05) is 56.3 Å². The average molecular weight is 364 g/mol. The van der Waals surface area contributed by atoms with Crippen molar-refractivity contribution in [1.29, 1.82) is 0 Å². The molecule has 0 spiro atoms. The van der Waals surface area contributed by atoms with E-state index < -0.39 is 0 Å². The number of anilines is 1. The minimum Gasteiger partial charge on any atom is -0.483 e. The number of ether oxygens (including phenoxy) is 2. The van der Waals surface area contributed by atoms with E-state index in [-0.39, 0.29) is 18.1 Å². The number of aromatic nitrogens is 3. The van der Waals surface area contributed by atoms with Crippen LogP contribution in [0.5, 0.6) is 11.5 Å². The van der Waals surface area contributed by atoms with Gasteiger partial charge in [0.05, 0.1) is 0 Å². The van der Waals surface area contributed by atoms with Crippen LogP contribution in [0.1, 0.15) is 19.4 Å². The van der Waals surface area contributed by atoms with Gasteiger partial charge in [-0.05, 0) is 44.2 Å². The largest absolute Gasteiger partial charge is 0.483 e. The van der Waals surface area contributed by atoms with E-state index in [1.165, 1.54) is 6.33 Å². The molecule has 0 saturated carbocycles. The predicted octanol–water partition coefficient (Wildman–Crippen LogP) is 3.20. The SMILES string of the molecule is CC1(C)Cc2cccc(OCC(=O)Nc3ccc(-c4ncn[nH]4)cc3)c2O1. The first-order chi connectivity index (χ1) is 13.0. The number of hydrogen-bond donors (Lipinski definition) is 2. The summed E-state index contributed by atoms with van der Waals surface area (Å²) in [7, 11) is 0. The van der Waals surface area contributed by atoms with Crippen LogP contribution in [0.25, 0.3) is 11.4 Å². The zero-order valence-corrected chi connectivity index (χ0v) is 15.2. The number of H-pyrrole nitrogens is 1. The molecule has 4 rings (SSSR count). The lowest BCUT2D eigenvalue weighted by Crippen LogP contribution is -2.25. The molecule has 0 atom stereocenters. The van der Waals surface area contributed by atoms with Crippen molar-refractivity contribution in [2.75, 3.05) is 11.9 Å². The van der Waals surface area contributed by atoms with Gasteiger partial charge in [0.2, 0.25) is 0 Å². The number of hydrogen-bond acceptors (Lipinski definition) is 5. The quantitative estimate of drug-likeness (QED) is 0.726. The van der Waals surface area contributed by atoms with E-state index in [9.17, 15) is 4.79 Å². The van der Waals surface area contributed by atoms with Gasteiger partial charge in [-0.1, -0.05) is 12.1 Å². The molecule has 27 heavy (non-hydrogen) atoms. The molecular formula is C20H20N4O3. The van der Waals surface area contributed by atoms with Crippen LogP contribution in [0.4, 0.5) is 5.69 Å². The lowest BCUT2D eigenvalue weighted by Gasteiger charge is -2.18. The number of aromatic amines is 1. The molecule has 138 valence electrons. The van der Waals surface area contributed by atoms with Crippen molar-refractivity contribution in [1.82, 2.24) is 15.2 Å². The number of nitrogens with zero attached hydrogens (tertiary/aromatic N) is 2. The number of carbonyl (C=O) groups is 1. The normalized spacial score (nSPS) is 14.3. The van der Waals surface area contributed by atoms with Crippen LogP contribution in [0, 0.1) is 0 Å². The van der Waals surface area contributed by atoms with Crippen LogP contribution in [0.2, 0.25) is 0 Å². The molecule has 0 aliphatic carbocycles. The minimum atomic E-state index is -0.255. The Balaban J connectivity index is 1.36. The maximum atomic E-state index is 12.2. The molecule has 0 unspecified atom stereocenters. The van der Waals surface area contributed by atoms with Crippen LogP contribution in [0.3, 0.4) is 0 Å². The maximum absolute atomic E-state index is 12.2. The van der Waals surface area contributed by atoms with Crippen molar-refractivity contribution in [3.63, 3.8) is 0 Å². The first-order valence-electron chi connectivity index (χ1n) is 8.69. The second-order valence-electron chi connectivity index (χ2n) is 7.03. The standard InChI is InChI=1S/C20H20N4O3/c1-20(2)10-14-4-3-5-16(18(14)27-20)26-11-17(25)23-15-8-6-13(7-9-15)19-21-12-22-24-19/h3-9,12H,10-11H2,1-2H3,(H,23,25)(H,21,22,24). The molecule has 1 aliphatic rings. The van der Waals surface area contributed by atoms with E-state index in [2.05, 4.69) is 20.5 Å². The third kappa shape index (κ3) is 3.76. The summed E-state index contributed by atoms with van der Waals surface area (Å²) in [5, 5.41) is 9.44. The molecule has 0 saturated heterocycles. The molecule has 2 N–H and O–H groups in total. The second-order valence-corrected chi connectivity index (χ2v) is 7.03. The maximum Gasteiger partial charge on any atom is 0.262 e. The van der Waals surface area contributed by atoms with Gasteiger partial charge in [0.1, 0.15) is 11.9 Å². The molecule has 0 fully saturated rings. The fourth-order valence-electron chi connectivity index (χ4n) is 3.10. The molecule has 7 nitrogen and oxygen atoms in total. The number of fused-ring (bicyclic) bond motifs is 1. The molecule has 7 heteroatoms. The van der Waals surface area contributed by atoms with Gasteiger partial charge >= 0.3 is 0 Å². The van der Waals surface area contributed by atoms with Crippen LogP contribution in [-0.4, -0.2) is 33.3 Å². The second kappa shape index (κ2) is 6.75. The van der Waals surface area contributed by atoms with Gasteiger partial charge in [0, 0.05) is 23.2 Å². The fraction of sp³-hybridized carbons (Fsp3) is 0.250. The third-order valence-electron chi connectivity index (χ3n) is 4.27. The van der Waals surface area contributed by atoms with Gasteiger partial charge in [0.15, 0.2) is 23.9 Å². The lowest BCUT2D eigenvalue weighted by molar-refractivity contribution is -0.118. The Hall–Kier alpha value is -3.35. The van der Waals surface area contributed by atoms with Crippen molar-refractivity contribution >= 4 is 11.6 Å². The molecule has 2 aromatic carbocycles. The number of nitrogens with one attached hydrogen (secondary N) is 2. The van der Waals surface area contributed by atoms with Crippen LogP contribution < -0.4 is 14.8 Å². The highest BCUT2D eigenvalue weighted by Gasteiger charge is 2.32. The smallest absolute Gasteiger partial charge is 0.262 e. The summed E-state index contributed by atoms with van der Waals surface area (Å²) in [5.41, 5.74) is 2.42. The Bertz CT molecular complexity index is 950. The molecule has 3 aromatic rings. The zero-order chi connectivity index (χ0) is 18.9. The van der Waals surface area contributed by atoms with Gasteiger partial charge in [-0.2, -0.15) is 5.10 Å². The Morgan fingerprint density at radius 1 is 1.26 bits per heavy atom. The van der Waals surface area contributed by atoms with E-state index >= 15 is 0 Å². The van der Waals surface area contributed by atoms with E-state index in [0.29, 0.717) is 17.3 Å². The highest BCUT2D eigenvalue weighted by atomic mass is 16.5. The summed E-state index contributed by atoms with van der Waals surface area (Å²) in [6.45, 7) is 3.97. The average Bonchev–Trinajstić information content (AvgIpc) is 3.27. The number of rotatable bonds is 5. The molecule has 1 aliphatic heterocycles. The summed E-state index contributed by atoms with van der Waals surface area (Å²) < 4.78 is 11.7. The summed E-state index contributed by atoms with van der Waals surface area (Å²) in [6, 6.07) is 13.1. The number of amides is 1. The topological polar surface area (TPSA) is 89.1 Å². The van der Waals surface area contributed by atoms with Crippen molar-refractivity contribution in [3.8, 4) is 22.9 Å². The number of benzene rings is 2. The Morgan fingerprint density at radius 3 is 2.81 bits per heavy atom. The van der Waals surface area contributed by atoms with Gasteiger partial charge in [-0.25, -0.2) is 4.98 Å². The summed E-state index contributed by atoms with van der Waals surface area (Å²) in [6.07, 6.45) is 2.27. The Kier molecular flexibility index (Phi) is 4.27. The highest BCUT2D eigenvalue weighted by molar-refractivity contribution is 5.92. The van der Waals surface area contributed by atoms with Gasteiger partial charge in [-0.15, -0.1) is 0 Å². The van der Waals surface area contributed by atoms with Crippen molar-refractivity contribution in [2.24, 2.45) is 0 Å². The van der Waals surface area contributed by atoms with E-state index in [1.54, 1.807) is 0 Å². The van der Waals surface area contributed by atoms with E-state index in [0.717, 1.165) is 23.3 Å². The predicted molar refractivity (Wildman–Crippen MR) is 101 cm³/mol. The Labute approximate surface area is 156 Å². The molecule has 2 heterocycles. The number of carbonyl (C=O) groups excluding carboxylic acids is 1. The van der Waals surface area contributed by atoms with Crippen LogP contribution >= 0.6 is 0 Å². The lowest BCUT2D eigenvalue weighted by atomic mass is 10.0. The van der Waals surface area contributed by atoms with Gasteiger partial charge in [0.25, 0.3) is 5.91 Å². The van der Waals surface area contributed by atoms with E-state index in [4.69, 9.17) is 9.47 Å². The van der Waals surface area contributed by atoms with Crippen molar-refractivity contribution < 1.29 is 14.3 Å². The molecule has 1 amide bonds. The first-order valence-corrected chi connectivity index (χ1v) is 8.69. The van der Waals surface area contributed by atoms with Crippen LogP contribution in [-0.2, 0) is 11.2 Å². The van der Waals surface area contributed by atoms with Crippen molar-refractivity contribution in [3.05, 3.63) is 54.4 Å². The number of para-hydroxylation sites is 1. The van der Waals surface area contributed by atoms with Crippen molar-refractivity contribution in [2.45, 2.75) is 25.9 Å². The van der Waals surface area contributed by atoms with Gasteiger partial charge < -0.3 is 14.8 Å². The molecule has 0 bridgehead atoms. The summed E-state index contributed by atoms with van der Waals surface area (Å²) >= 11 is 0. The molecule has 0 radical (unpaired) electrons.